The van der Waals surface area contributed by atoms with Gasteiger partial charge in [0.2, 0.25) is 0 Å². The lowest BCUT2D eigenvalue weighted by atomic mass is 10.1. The molecule has 0 bridgehead atoms. The summed E-state index contributed by atoms with van der Waals surface area (Å²) in [5, 5.41) is 3.48. The van der Waals surface area contributed by atoms with E-state index in [1.807, 2.05) is 55.5 Å². The Kier molecular flexibility index (Phi) is 5.29. The van der Waals surface area contributed by atoms with Crippen molar-refractivity contribution < 1.29 is 13.6 Å². The van der Waals surface area contributed by atoms with Crippen LogP contribution in [0.4, 0.5) is 0 Å². The molecule has 23 heavy (non-hydrogen) atoms. The molecule has 0 aromatic heterocycles. The predicted octanol–water partition coefficient (Wildman–Crippen LogP) is 4.15. The summed E-state index contributed by atoms with van der Waals surface area (Å²) < 4.78 is 24.3. The molecule has 3 rings (SSSR count). The Morgan fingerprint density at radius 2 is 1.78 bits per heavy atom. The molecule has 0 unspecified atom stereocenters. The minimum Gasteiger partial charge on any atom is -0.308 e. The monoisotopic (exact) mass is 331 g/mol. The minimum atomic E-state index is -3.20. The van der Waals surface area contributed by atoms with E-state index in [4.69, 9.17) is 9.05 Å². The molecule has 2 aromatic carbocycles. The average Bonchev–Trinajstić information content (AvgIpc) is 2.59. The first-order valence-corrected chi connectivity index (χ1v) is 9.56. The van der Waals surface area contributed by atoms with Crippen molar-refractivity contribution in [3.05, 3.63) is 71.8 Å². The molecule has 4 nitrogen and oxygen atoms in total. The molecule has 122 valence electrons. The van der Waals surface area contributed by atoms with Crippen LogP contribution in [0.1, 0.15) is 23.8 Å². The topological polar surface area (TPSA) is 47.6 Å². The SMILES string of the molecule is CCO[P@@]1(=O)OC[C@H](Cc2ccccc2)N[C@H]1c1ccccc1. The van der Waals surface area contributed by atoms with E-state index in [0.717, 1.165) is 12.0 Å². The molecule has 0 radical (unpaired) electrons. The number of hydrogen-bond acceptors (Lipinski definition) is 4. The fourth-order valence-corrected chi connectivity index (χ4v) is 4.90. The molecule has 1 aliphatic heterocycles. The Morgan fingerprint density at radius 3 is 2.43 bits per heavy atom. The van der Waals surface area contributed by atoms with Crippen molar-refractivity contribution in [1.82, 2.24) is 5.32 Å². The largest absolute Gasteiger partial charge is 0.352 e. The Labute approximate surface area is 137 Å². The second kappa shape index (κ2) is 7.41. The van der Waals surface area contributed by atoms with Crippen LogP contribution in [0.2, 0.25) is 0 Å². The van der Waals surface area contributed by atoms with Gasteiger partial charge in [0.1, 0.15) is 5.78 Å². The molecular formula is C18H22NO3P. The van der Waals surface area contributed by atoms with Gasteiger partial charge in [0.25, 0.3) is 0 Å². The van der Waals surface area contributed by atoms with E-state index in [9.17, 15) is 4.57 Å². The fourth-order valence-electron chi connectivity index (χ4n) is 2.85. The van der Waals surface area contributed by atoms with Crippen LogP contribution in [-0.4, -0.2) is 19.3 Å². The summed E-state index contributed by atoms with van der Waals surface area (Å²) in [5.74, 6) is -0.425. The maximum absolute atomic E-state index is 13.1. The van der Waals surface area contributed by atoms with Crippen LogP contribution in [-0.2, 0) is 20.0 Å². The van der Waals surface area contributed by atoms with Gasteiger partial charge in [-0.25, -0.2) is 0 Å². The zero-order valence-electron chi connectivity index (χ0n) is 13.2. The van der Waals surface area contributed by atoms with E-state index in [-0.39, 0.29) is 6.04 Å². The third-order valence-corrected chi connectivity index (χ3v) is 6.12. The summed E-state index contributed by atoms with van der Waals surface area (Å²) in [4.78, 5) is 0. The second-order valence-corrected chi connectivity index (χ2v) is 7.73. The quantitative estimate of drug-likeness (QED) is 0.836. The summed E-state index contributed by atoms with van der Waals surface area (Å²) in [5.41, 5.74) is 2.16. The van der Waals surface area contributed by atoms with Crippen LogP contribution >= 0.6 is 7.60 Å². The zero-order chi connectivity index (χ0) is 16.1. The van der Waals surface area contributed by atoms with Gasteiger partial charge in [-0.2, -0.15) is 0 Å². The molecule has 3 atom stereocenters. The molecule has 5 heteroatoms. The molecule has 1 heterocycles. The summed E-state index contributed by atoms with van der Waals surface area (Å²) in [6, 6.07) is 20.1. The first kappa shape index (κ1) is 16.4. The zero-order valence-corrected chi connectivity index (χ0v) is 14.1. The molecule has 0 aliphatic carbocycles. The molecule has 1 fully saturated rings. The maximum atomic E-state index is 13.1. The number of hydrogen-bond donors (Lipinski definition) is 1. The molecule has 1 saturated heterocycles. The molecule has 1 aliphatic rings. The lowest BCUT2D eigenvalue weighted by molar-refractivity contribution is 0.151. The molecule has 2 aromatic rings. The van der Waals surface area contributed by atoms with Crippen LogP contribution in [0.25, 0.3) is 0 Å². The molecule has 0 saturated carbocycles. The summed E-state index contributed by atoms with van der Waals surface area (Å²) in [6.45, 7) is 2.59. The Balaban J connectivity index is 1.80. The van der Waals surface area contributed by atoms with E-state index in [1.165, 1.54) is 5.56 Å². The van der Waals surface area contributed by atoms with Crippen molar-refractivity contribution >= 4 is 7.60 Å². The lowest BCUT2D eigenvalue weighted by Crippen LogP contribution is -2.42. The van der Waals surface area contributed by atoms with E-state index in [0.29, 0.717) is 13.2 Å². The van der Waals surface area contributed by atoms with Gasteiger partial charge in [-0.3, -0.25) is 9.88 Å². The molecule has 1 N–H and O–H groups in total. The van der Waals surface area contributed by atoms with Crippen LogP contribution in [0, 0.1) is 0 Å². The van der Waals surface area contributed by atoms with Gasteiger partial charge in [0.05, 0.1) is 13.2 Å². The Bertz CT molecular complexity index is 662. The fraction of sp³-hybridized carbons (Fsp3) is 0.333. The van der Waals surface area contributed by atoms with Crippen molar-refractivity contribution in [2.24, 2.45) is 0 Å². The number of nitrogens with one attached hydrogen (secondary N) is 1. The molecular weight excluding hydrogens is 309 g/mol. The smallest absolute Gasteiger partial charge is 0.308 e. The third-order valence-electron chi connectivity index (χ3n) is 3.91. The maximum Gasteiger partial charge on any atom is 0.352 e. The second-order valence-electron chi connectivity index (χ2n) is 5.62. The van der Waals surface area contributed by atoms with Gasteiger partial charge in [-0.15, -0.1) is 0 Å². The lowest BCUT2D eigenvalue weighted by Gasteiger charge is -2.36. The normalized spacial score (nSPS) is 27.7. The number of benzene rings is 2. The van der Waals surface area contributed by atoms with Gasteiger partial charge in [-0.05, 0) is 24.5 Å². The first-order chi connectivity index (χ1) is 11.2. The van der Waals surface area contributed by atoms with Gasteiger partial charge >= 0.3 is 7.60 Å². The van der Waals surface area contributed by atoms with Crippen LogP contribution < -0.4 is 5.32 Å². The highest BCUT2D eigenvalue weighted by Gasteiger charge is 2.42. The van der Waals surface area contributed by atoms with Crippen molar-refractivity contribution in [3.63, 3.8) is 0 Å². The van der Waals surface area contributed by atoms with Crippen LogP contribution in [0.3, 0.4) is 0 Å². The van der Waals surface area contributed by atoms with Crippen molar-refractivity contribution in [2.45, 2.75) is 25.2 Å². The van der Waals surface area contributed by atoms with Crippen molar-refractivity contribution in [1.29, 1.82) is 0 Å². The summed E-state index contributed by atoms with van der Waals surface area (Å²) >= 11 is 0. The van der Waals surface area contributed by atoms with Crippen LogP contribution in [0.5, 0.6) is 0 Å². The summed E-state index contributed by atoms with van der Waals surface area (Å²) in [7, 11) is -3.20. The standard InChI is InChI=1S/C18H22NO3P/c1-2-21-23(20)18(16-11-7-4-8-12-16)19-17(14-22-23)13-15-9-5-3-6-10-15/h3-12,17-19H,2,13-14H2,1H3/t17-,18+,23+/m0/s1. The van der Waals surface area contributed by atoms with Gasteiger partial charge in [-0.1, -0.05) is 60.7 Å². The predicted molar refractivity (Wildman–Crippen MR) is 91.4 cm³/mol. The molecule has 0 spiro atoms. The Morgan fingerprint density at radius 1 is 1.13 bits per heavy atom. The van der Waals surface area contributed by atoms with E-state index < -0.39 is 13.4 Å². The Hall–Kier alpha value is -1.45. The van der Waals surface area contributed by atoms with E-state index >= 15 is 0 Å². The first-order valence-electron chi connectivity index (χ1n) is 7.95. The minimum absolute atomic E-state index is 0.102. The highest BCUT2D eigenvalue weighted by molar-refractivity contribution is 7.54. The molecule has 0 amide bonds. The summed E-state index contributed by atoms with van der Waals surface area (Å²) in [6.07, 6.45) is 0.830. The van der Waals surface area contributed by atoms with E-state index in [1.54, 1.807) is 0 Å². The highest BCUT2D eigenvalue weighted by Crippen LogP contribution is 2.61. The highest BCUT2D eigenvalue weighted by atomic mass is 31.2. The van der Waals surface area contributed by atoms with Crippen LogP contribution in [0.15, 0.2) is 60.7 Å². The average molecular weight is 331 g/mol. The van der Waals surface area contributed by atoms with Crippen molar-refractivity contribution in [3.8, 4) is 0 Å². The van der Waals surface area contributed by atoms with E-state index in [2.05, 4.69) is 17.4 Å². The number of rotatable bonds is 5. The van der Waals surface area contributed by atoms with Gasteiger partial charge in [0.15, 0.2) is 0 Å². The van der Waals surface area contributed by atoms with Gasteiger partial charge < -0.3 is 9.05 Å². The van der Waals surface area contributed by atoms with Gasteiger partial charge in [0, 0.05) is 6.04 Å². The third kappa shape index (κ3) is 3.91. The van der Waals surface area contributed by atoms with Crippen molar-refractivity contribution in [2.75, 3.05) is 13.2 Å².